The second kappa shape index (κ2) is 14.8. The van der Waals surface area contributed by atoms with Crippen molar-refractivity contribution in [2.45, 2.75) is 90.8 Å². The number of unbranched alkanes of at least 4 members (excludes halogenated alkanes) is 6. The Balaban J connectivity index is 1.78. The molecule has 4 heteroatoms. The van der Waals surface area contributed by atoms with Crippen molar-refractivity contribution in [2.75, 3.05) is 20.7 Å². The van der Waals surface area contributed by atoms with E-state index in [1.165, 1.54) is 56.1 Å². The van der Waals surface area contributed by atoms with Gasteiger partial charge in [0.25, 0.3) is 0 Å². The number of carbonyl (C=O) groups is 1. The van der Waals surface area contributed by atoms with E-state index in [1.54, 1.807) is 0 Å². The molecule has 34 heavy (non-hydrogen) atoms. The van der Waals surface area contributed by atoms with Crippen molar-refractivity contribution < 1.29 is 18.8 Å². The van der Waals surface area contributed by atoms with Crippen LogP contribution < -0.4 is 4.74 Å². The maximum absolute atomic E-state index is 12.8. The number of carbonyl (C=O) groups excluding carboxylic acids is 1. The largest absolute Gasteiger partial charge is 0.487 e. The normalized spacial score (nSPS) is 13.3. The first kappa shape index (κ1) is 27.9. The van der Waals surface area contributed by atoms with Gasteiger partial charge >= 0.3 is 5.97 Å². The summed E-state index contributed by atoms with van der Waals surface area (Å²) >= 11 is 0. The molecule has 0 bridgehead atoms. The first-order valence-electron chi connectivity index (χ1n) is 13.1. The lowest BCUT2D eigenvalue weighted by atomic mass is 10.0. The molecule has 0 aliphatic rings. The van der Waals surface area contributed by atoms with Gasteiger partial charge in [0.15, 0.2) is 6.04 Å². The maximum atomic E-state index is 12.8. The summed E-state index contributed by atoms with van der Waals surface area (Å²) in [5, 5.41) is 0. The molecule has 0 saturated carbocycles. The van der Waals surface area contributed by atoms with E-state index >= 15 is 0 Å². The van der Waals surface area contributed by atoms with Crippen molar-refractivity contribution >= 4 is 5.97 Å². The molecule has 0 heterocycles. The van der Waals surface area contributed by atoms with Crippen molar-refractivity contribution in [3.8, 4) is 5.75 Å². The van der Waals surface area contributed by atoms with Crippen LogP contribution in [0.5, 0.6) is 5.75 Å². The van der Waals surface area contributed by atoms with Crippen LogP contribution in [0, 0.1) is 0 Å². The van der Waals surface area contributed by atoms with Gasteiger partial charge in [-0.15, -0.1) is 0 Å². The molecule has 0 fully saturated rings. The van der Waals surface area contributed by atoms with Gasteiger partial charge in [0.05, 0.1) is 14.1 Å². The van der Waals surface area contributed by atoms with E-state index in [1.807, 2.05) is 44.2 Å². The van der Waals surface area contributed by atoms with Gasteiger partial charge in [-0.2, -0.15) is 0 Å². The molecular formula is C30H46NO3+. The summed E-state index contributed by atoms with van der Waals surface area (Å²) in [5.41, 5.74) is 2.45. The number of benzene rings is 2. The molecule has 0 aromatic heterocycles. The number of esters is 1. The second-order valence-electron chi connectivity index (χ2n) is 10.1. The van der Waals surface area contributed by atoms with E-state index in [2.05, 4.69) is 45.3 Å². The molecule has 0 amide bonds. The Labute approximate surface area is 207 Å². The van der Waals surface area contributed by atoms with Gasteiger partial charge in [-0.25, -0.2) is 4.79 Å². The Morgan fingerprint density at radius 3 is 2.18 bits per heavy atom. The third-order valence-electron chi connectivity index (χ3n) is 6.63. The zero-order chi connectivity index (χ0) is 24.8. The molecule has 0 aliphatic carbocycles. The summed E-state index contributed by atoms with van der Waals surface area (Å²) in [4.78, 5) is 12.8. The summed E-state index contributed by atoms with van der Waals surface area (Å²) in [5.74, 6) is 0.720. The third kappa shape index (κ3) is 9.89. The summed E-state index contributed by atoms with van der Waals surface area (Å²) < 4.78 is 12.4. The van der Waals surface area contributed by atoms with E-state index < -0.39 is 0 Å². The molecule has 0 saturated heterocycles. The second-order valence-corrected chi connectivity index (χ2v) is 10.1. The first-order valence-corrected chi connectivity index (χ1v) is 13.1. The van der Waals surface area contributed by atoms with Crippen LogP contribution >= 0.6 is 0 Å². The molecule has 188 valence electrons. The quantitative estimate of drug-likeness (QED) is 0.152. The average molecular weight is 469 g/mol. The van der Waals surface area contributed by atoms with Gasteiger partial charge in [0.2, 0.25) is 0 Å². The molecule has 2 rings (SSSR count). The van der Waals surface area contributed by atoms with Gasteiger partial charge in [0, 0.05) is 5.56 Å². The van der Waals surface area contributed by atoms with E-state index in [0.29, 0.717) is 4.48 Å². The van der Waals surface area contributed by atoms with Crippen LogP contribution in [0.2, 0.25) is 0 Å². The molecular weight excluding hydrogens is 422 g/mol. The predicted molar refractivity (Wildman–Crippen MR) is 141 cm³/mol. The summed E-state index contributed by atoms with van der Waals surface area (Å²) in [6.45, 7) is 7.18. The van der Waals surface area contributed by atoms with Gasteiger partial charge in [-0.05, 0) is 38.3 Å². The highest BCUT2D eigenvalue weighted by Crippen LogP contribution is 2.22. The van der Waals surface area contributed by atoms with Crippen LogP contribution in [-0.2, 0) is 22.5 Å². The summed E-state index contributed by atoms with van der Waals surface area (Å²) in [7, 11) is 4.14. The molecule has 4 nitrogen and oxygen atoms in total. The highest BCUT2D eigenvalue weighted by Gasteiger charge is 2.32. The van der Waals surface area contributed by atoms with Gasteiger partial charge in [0.1, 0.15) is 25.0 Å². The fraction of sp³-hybridized carbons (Fsp3) is 0.567. The third-order valence-corrected chi connectivity index (χ3v) is 6.63. The van der Waals surface area contributed by atoms with Crippen LogP contribution in [0.25, 0.3) is 0 Å². The van der Waals surface area contributed by atoms with E-state index in [-0.39, 0.29) is 24.7 Å². The smallest absolute Gasteiger partial charge is 0.364 e. The van der Waals surface area contributed by atoms with Crippen molar-refractivity contribution in [3.05, 3.63) is 65.7 Å². The van der Waals surface area contributed by atoms with Crippen LogP contribution in [0.3, 0.4) is 0 Å². The number of hydrogen-bond acceptors (Lipinski definition) is 3. The number of aryl methyl sites for hydroxylation is 1. The molecule has 2 aromatic rings. The van der Waals surface area contributed by atoms with E-state index in [0.717, 1.165) is 18.7 Å². The first-order chi connectivity index (χ1) is 16.3. The Hall–Kier alpha value is -2.33. The fourth-order valence-corrected chi connectivity index (χ4v) is 4.15. The lowest BCUT2D eigenvalue weighted by molar-refractivity contribution is -0.917. The molecule has 0 spiro atoms. The lowest BCUT2D eigenvalue weighted by Gasteiger charge is -2.34. The number of ether oxygens (including phenoxy) is 2. The van der Waals surface area contributed by atoms with Crippen molar-refractivity contribution in [2.24, 2.45) is 0 Å². The number of rotatable bonds is 16. The number of para-hydroxylation sites is 1. The highest BCUT2D eigenvalue weighted by atomic mass is 16.6. The summed E-state index contributed by atoms with van der Waals surface area (Å²) in [6, 6.07) is 18.2. The van der Waals surface area contributed by atoms with Gasteiger partial charge in [-0.1, -0.05) is 94.0 Å². The van der Waals surface area contributed by atoms with Crippen LogP contribution in [-0.4, -0.2) is 43.3 Å². The van der Waals surface area contributed by atoms with E-state index in [4.69, 9.17) is 9.47 Å². The van der Waals surface area contributed by atoms with Crippen molar-refractivity contribution in [3.63, 3.8) is 0 Å². The fourth-order valence-electron chi connectivity index (χ4n) is 4.15. The molecule has 2 unspecified atom stereocenters. The number of quaternary nitrogens is 1. The predicted octanol–water partition coefficient (Wildman–Crippen LogP) is 6.96. The van der Waals surface area contributed by atoms with Gasteiger partial charge < -0.3 is 14.0 Å². The Kier molecular flexibility index (Phi) is 12.2. The zero-order valence-corrected chi connectivity index (χ0v) is 22.1. The van der Waals surface area contributed by atoms with Crippen LogP contribution in [0.15, 0.2) is 54.6 Å². The van der Waals surface area contributed by atoms with Crippen LogP contribution in [0.4, 0.5) is 0 Å². The topological polar surface area (TPSA) is 35.5 Å². The number of hydrogen-bond donors (Lipinski definition) is 0. The molecule has 2 atom stereocenters. The van der Waals surface area contributed by atoms with Crippen LogP contribution in [0.1, 0.15) is 76.8 Å². The minimum atomic E-state index is -0.267. The summed E-state index contributed by atoms with van der Waals surface area (Å²) in [6.07, 6.45) is 9.92. The van der Waals surface area contributed by atoms with E-state index in [9.17, 15) is 4.79 Å². The Morgan fingerprint density at radius 1 is 0.853 bits per heavy atom. The molecule has 2 aromatic carbocycles. The molecule has 0 aliphatic heterocycles. The van der Waals surface area contributed by atoms with Crippen molar-refractivity contribution in [1.82, 2.24) is 0 Å². The lowest BCUT2D eigenvalue weighted by Crippen LogP contribution is -2.51. The average Bonchev–Trinajstić information content (AvgIpc) is 2.82. The highest BCUT2D eigenvalue weighted by molar-refractivity contribution is 5.74. The van der Waals surface area contributed by atoms with Crippen molar-refractivity contribution in [1.29, 1.82) is 0 Å². The molecule has 0 N–H and O–H groups in total. The monoisotopic (exact) mass is 468 g/mol. The molecule has 0 radical (unpaired) electrons. The minimum Gasteiger partial charge on any atom is -0.487 e. The maximum Gasteiger partial charge on any atom is 0.364 e. The Morgan fingerprint density at radius 2 is 1.47 bits per heavy atom. The van der Waals surface area contributed by atoms with Gasteiger partial charge in [-0.3, -0.25) is 0 Å². The zero-order valence-electron chi connectivity index (χ0n) is 22.1. The SMILES string of the molecule is CCCCCCCCCc1ccccc1OC(C)COC(=O)C(C)[N+](C)(C)Cc1ccccc1. The standard InChI is InChI=1S/C30H46NO3/c1-6-7-8-9-10-11-15-20-28-21-16-17-22-29(28)34-25(2)24-33-30(32)26(3)31(4,5)23-27-18-13-12-14-19-27/h12-14,16-19,21-22,25-26H,6-11,15,20,23-24H2,1-5H3/q+1. The number of likely N-dealkylation sites (N-methyl/N-ethyl adjacent to an activating group) is 1. The Bertz CT molecular complexity index is 834. The number of nitrogens with zero attached hydrogens (tertiary/aromatic N) is 1. The minimum absolute atomic E-state index is 0.187.